The standard InChI is InChI=1S/C13H11F2NO3/c1-6-4-3-5-8(7(6)2)12-16-9(11(14)15)10(19-12)13(17)18/h3-5,11H,1-2H3,(H,17,18). The van der Waals surface area contributed by atoms with Crippen molar-refractivity contribution >= 4 is 5.97 Å². The molecule has 19 heavy (non-hydrogen) atoms. The quantitative estimate of drug-likeness (QED) is 0.922. The molecule has 1 aromatic carbocycles. The molecule has 1 N–H and O–H groups in total. The first-order valence-corrected chi connectivity index (χ1v) is 5.50. The molecule has 0 aliphatic carbocycles. The summed E-state index contributed by atoms with van der Waals surface area (Å²) in [6.45, 7) is 3.64. The number of halogens is 2. The number of rotatable bonds is 3. The molecule has 0 saturated carbocycles. The lowest BCUT2D eigenvalue weighted by Gasteiger charge is -2.03. The van der Waals surface area contributed by atoms with Gasteiger partial charge in [0.1, 0.15) is 0 Å². The summed E-state index contributed by atoms with van der Waals surface area (Å²) in [6, 6.07) is 5.23. The van der Waals surface area contributed by atoms with Crippen LogP contribution in [-0.2, 0) is 0 Å². The highest BCUT2D eigenvalue weighted by atomic mass is 19.3. The van der Waals surface area contributed by atoms with Gasteiger partial charge in [-0.1, -0.05) is 12.1 Å². The SMILES string of the molecule is Cc1cccc(-c2nc(C(F)F)c(C(=O)O)o2)c1C. The molecule has 2 rings (SSSR count). The highest BCUT2D eigenvalue weighted by molar-refractivity contribution is 5.86. The first kappa shape index (κ1) is 13.2. The van der Waals surface area contributed by atoms with E-state index in [1.165, 1.54) is 0 Å². The van der Waals surface area contributed by atoms with Crippen molar-refractivity contribution in [2.75, 3.05) is 0 Å². The number of hydrogen-bond acceptors (Lipinski definition) is 3. The minimum atomic E-state index is -2.99. The summed E-state index contributed by atoms with van der Waals surface area (Å²) in [4.78, 5) is 14.5. The average molecular weight is 267 g/mol. The van der Waals surface area contributed by atoms with E-state index in [1.807, 2.05) is 13.0 Å². The molecule has 0 bridgehead atoms. The van der Waals surface area contributed by atoms with Crippen molar-refractivity contribution in [1.82, 2.24) is 4.98 Å². The third-order valence-electron chi connectivity index (χ3n) is 2.89. The summed E-state index contributed by atoms with van der Waals surface area (Å²) >= 11 is 0. The zero-order valence-electron chi connectivity index (χ0n) is 10.3. The Balaban J connectivity index is 2.61. The lowest BCUT2D eigenvalue weighted by Crippen LogP contribution is -1.99. The highest BCUT2D eigenvalue weighted by Gasteiger charge is 2.27. The molecule has 100 valence electrons. The number of carboxylic acid groups (broad SMARTS) is 1. The van der Waals surface area contributed by atoms with E-state index in [-0.39, 0.29) is 5.89 Å². The summed E-state index contributed by atoms with van der Waals surface area (Å²) < 4.78 is 30.4. The Morgan fingerprint density at radius 2 is 2.05 bits per heavy atom. The van der Waals surface area contributed by atoms with Gasteiger partial charge in [0, 0.05) is 5.56 Å². The van der Waals surface area contributed by atoms with E-state index in [2.05, 4.69) is 4.98 Å². The van der Waals surface area contributed by atoms with E-state index in [9.17, 15) is 13.6 Å². The molecule has 0 radical (unpaired) electrons. The van der Waals surface area contributed by atoms with Crippen molar-refractivity contribution in [3.05, 3.63) is 40.8 Å². The van der Waals surface area contributed by atoms with Crippen molar-refractivity contribution in [3.8, 4) is 11.5 Å². The fraction of sp³-hybridized carbons (Fsp3) is 0.231. The Hall–Kier alpha value is -2.24. The summed E-state index contributed by atoms with van der Waals surface area (Å²) in [5.41, 5.74) is 1.41. The van der Waals surface area contributed by atoms with E-state index < -0.39 is 23.8 Å². The Labute approximate surface area is 107 Å². The van der Waals surface area contributed by atoms with Crippen LogP contribution in [0.5, 0.6) is 0 Å². The molecular weight excluding hydrogens is 256 g/mol. The maximum absolute atomic E-state index is 12.7. The second kappa shape index (κ2) is 4.79. The van der Waals surface area contributed by atoms with Gasteiger partial charge >= 0.3 is 5.97 Å². The maximum atomic E-state index is 12.7. The van der Waals surface area contributed by atoms with Crippen molar-refractivity contribution in [3.63, 3.8) is 0 Å². The predicted molar refractivity (Wildman–Crippen MR) is 63.3 cm³/mol. The van der Waals surface area contributed by atoms with Crippen LogP contribution in [0.4, 0.5) is 8.78 Å². The molecule has 6 heteroatoms. The number of nitrogens with zero attached hydrogens (tertiary/aromatic N) is 1. The minimum Gasteiger partial charge on any atom is -0.475 e. The molecule has 0 unspecified atom stereocenters. The molecule has 0 spiro atoms. The van der Waals surface area contributed by atoms with Gasteiger partial charge in [0.25, 0.3) is 6.43 Å². The summed E-state index contributed by atoms with van der Waals surface area (Å²) in [6.07, 6.45) is -2.99. The maximum Gasteiger partial charge on any atom is 0.374 e. The van der Waals surface area contributed by atoms with Crippen LogP contribution in [-0.4, -0.2) is 16.1 Å². The molecule has 0 fully saturated rings. The zero-order chi connectivity index (χ0) is 14.2. The van der Waals surface area contributed by atoms with Gasteiger partial charge in [0.05, 0.1) is 0 Å². The van der Waals surface area contributed by atoms with Crippen molar-refractivity contribution in [1.29, 1.82) is 0 Å². The van der Waals surface area contributed by atoms with Gasteiger partial charge < -0.3 is 9.52 Å². The fourth-order valence-electron chi connectivity index (χ4n) is 1.73. The van der Waals surface area contributed by atoms with Gasteiger partial charge in [-0.2, -0.15) is 0 Å². The van der Waals surface area contributed by atoms with Crippen molar-refractivity contribution in [2.24, 2.45) is 0 Å². The van der Waals surface area contributed by atoms with Gasteiger partial charge in [0.2, 0.25) is 11.7 Å². The fourth-order valence-corrected chi connectivity index (χ4v) is 1.73. The summed E-state index contributed by atoms with van der Waals surface area (Å²) in [5, 5.41) is 8.83. The van der Waals surface area contributed by atoms with Gasteiger partial charge in [-0.3, -0.25) is 0 Å². The first-order chi connectivity index (χ1) is 8.91. The molecule has 0 amide bonds. The van der Waals surface area contributed by atoms with Crippen LogP contribution in [0.2, 0.25) is 0 Å². The van der Waals surface area contributed by atoms with Gasteiger partial charge in [-0.25, -0.2) is 18.6 Å². The third-order valence-corrected chi connectivity index (χ3v) is 2.89. The number of aryl methyl sites for hydroxylation is 1. The largest absolute Gasteiger partial charge is 0.475 e. The molecular formula is C13H11F2NO3. The van der Waals surface area contributed by atoms with Crippen LogP contribution < -0.4 is 0 Å². The van der Waals surface area contributed by atoms with Crippen LogP contribution in [0, 0.1) is 13.8 Å². The summed E-state index contributed by atoms with van der Waals surface area (Å²) in [5.74, 6) is -2.47. The lowest BCUT2D eigenvalue weighted by molar-refractivity contribution is 0.0647. The van der Waals surface area contributed by atoms with Gasteiger partial charge in [-0.15, -0.1) is 0 Å². The van der Waals surface area contributed by atoms with E-state index in [1.54, 1.807) is 19.1 Å². The zero-order valence-corrected chi connectivity index (χ0v) is 10.3. The molecule has 0 aliphatic heterocycles. The van der Waals surface area contributed by atoms with Gasteiger partial charge in [-0.05, 0) is 31.0 Å². The molecule has 2 aromatic rings. The predicted octanol–water partition coefficient (Wildman–Crippen LogP) is 3.59. The smallest absolute Gasteiger partial charge is 0.374 e. The topological polar surface area (TPSA) is 63.3 Å². The molecule has 1 aromatic heterocycles. The monoisotopic (exact) mass is 267 g/mol. The van der Waals surface area contributed by atoms with Crippen LogP contribution in [0.15, 0.2) is 22.6 Å². The van der Waals surface area contributed by atoms with E-state index in [4.69, 9.17) is 9.52 Å². The third kappa shape index (κ3) is 2.33. The Morgan fingerprint density at radius 1 is 1.37 bits per heavy atom. The second-order valence-electron chi connectivity index (χ2n) is 4.09. The van der Waals surface area contributed by atoms with Crippen LogP contribution in [0.25, 0.3) is 11.5 Å². The summed E-state index contributed by atoms with van der Waals surface area (Å²) in [7, 11) is 0. The molecule has 1 heterocycles. The highest BCUT2D eigenvalue weighted by Crippen LogP contribution is 2.30. The normalized spacial score (nSPS) is 11.0. The van der Waals surface area contributed by atoms with Crippen LogP contribution in [0.1, 0.15) is 33.8 Å². The molecule has 0 saturated heterocycles. The van der Waals surface area contributed by atoms with Crippen molar-refractivity contribution in [2.45, 2.75) is 20.3 Å². The number of aromatic nitrogens is 1. The Bertz CT molecular complexity index is 635. The number of alkyl halides is 2. The number of hydrogen-bond donors (Lipinski definition) is 1. The van der Waals surface area contributed by atoms with Crippen LogP contribution in [0.3, 0.4) is 0 Å². The van der Waals surface area contributed by atoms with E-state index in [0.29, 0.717) is 5.56 Å². The number of carbonyl (C=O) groups is 1. The van der Waals surface area contributed by atoms with Gasteiger partial charge in [0.15, 0.2) is 5.69 Å². The van der Waals surface area contributed by atoms with Crippen LogP contribution >= 0.6 is 0 Å². The molecule has 0 aliphatic rings. The second-order valence-corrected chi connectivity index (χ2v) is 4.09. The average Bonchev–Trinajstić information content (AvgIpc) is 2.77. The Kier molecular flexibility index (Phi) is 3.33. The first-order valence-electron chi connectivity index (χ1n) is 5.50. The Morgan fingerprint density at radius 3 is 2.58 bits per heavy atom. The van der Waals surface area contributed by atoms with E-state index in [0.717, 1.165) is 11.1 Å². The lowest BCUT2D eigenvalue weighted by atomic mass is 10.0. The number of oxazole rings is 1. The minimum absolute atomic E-state index is 0.103. The molecule has 0 atom stereocenters. The number of aromatic carboxylic acids is 1. The number of carboxylic acids is 1. The number of benzene rings is 1. The molecule has 4 nitrogen and oxygen atoms in total. The van der Waals surface area contributed by atoms with Crippen molar-refractivity contribution < 1.29 is 23.1 Å². The van der Waals surface area contributed by atoms with E-state index >= 15 is 0 Å².